The maximum absolute atomic E-state index is 12.1. The van der Waals surface area contributed by atoms with Crippen LogP contribution >= 0.6 is 0 Å². The second kappa shape index (κ2) is 8.19. The molecule has 2 aromatic rings. The van der Waals surface area contributed by atoms with Gasteiger partial charge in [0.15, 0.2) is 0 Å². The van der Waals surface area contributed by atoms with E-state index in [1.54, 1.807) is 0 Å². The van der Waals surface area contributed by atoms with Gasteiger partial charge in [0.2, 0.25) is 0 Å². The molecule has 0 atom stereocenters. The number of hydrogen-bond acceptors (Lipinski definition) is 3. The number of likely N-dealkylation sites (N-methyl/N-ethyl adjacent to an activating group) is 1. The number of nitrogens with one attached hydrogen (secondary N) is 2. The number of hydrogen-bond donors (Lipinski definition) is 3. The fourth-order valence-electron chi connectivity index (χ4n) is 3.54. The van der Waals surface area contributed by atoms with Gasteiger partial charge in [-0.2, -0.15) is 0 Å². The number of carbonyl (C=O) groups excluding carboxylic acids is 1. The molecule has 1 aliphatic carbocycles. The van der Waals surface area contributed by atoms with Gasteiger partial charge in [0, 0.05) is 18.6 Å². The van der Waals surface area contributed by atoms with Crippen LogP contribution in [0.4, 0.5) is 4.79 Å². The van der Waals surface area contributed by atoms with Crippen molar-refractivity contribution in [3.63, 3.8) is 0 Å². The summed E-state index contributed by atoms with van der Waals surface area (Å²) in [7, 11) is 0. The summed E-state index contributed by atoms with van der Waals surface area (Å²) in [5.41, 5.74) is 1.09. The zero-order valence-electron chi connectivity index (χ0n) is 14.9. The highest BCUT2D eigenvalue weighted by Gasteiger charge is 2.34. The molecule has 3 rings (SSSR count). The molecule has 1 saturated carbocycles. The monoisotopic (exact) mass is 355 g/mol. The first kappa shape index (κ1) is 18.2. The minimum atomic E-state index is -0.809. The van der Waals surface area contributed by atoms with E-state index in [0.717, 1.165) is 29.2 Å². The van der Waals surface area contributed by atoms with Gasteiger partial charge in [0.25, 0.3) is 0 Å². The molecule has 1 fully saturated rings. The van der Waals surface area contributed by atoms with Gasteiger partial charge in [-0.25, -0.2) is 4.79 Å². The summed E-state index contributed by atoms with van der Waals surface area (Å²) in [6, 6.07) is 14.4. The molecule has 3 N–H and O–H groups in total. The fourth-order valence-corrected chi connectivity index (χ4v) is 3.54. The van der Waals surface area contributed by atoms with Crippen molar-refractivity contribution in [3.05, 3.63) is 48.0 Å². The van der Waals surface area contributed by atoms with Crippen molar-refractivity contribution in [2.24, 2.45) is 0 Å². The predicted molar refractivity (Wildman–Crippen MR) is 101 cm³/mol. The summed E-state index contributed by atoms with van der Waals surface area (Å²) < 4.78 is 0. The Morgan fingerprint density at radius 1 is 1.15 bits per heavy atom. The molecule has 26 heavy (non-hydrogen) atoms. The van der Waals surface area contributed by atoms with Gasteiger partial charge in [0.1, 0.15) is 0 Å². The number of fused-ring (bicyclic) bond motifs is 1. The topological polar surface area (TPSA) is 81.7 Å². The molecule has 0 bridgehead atoms. The smallest absolute Gasteiger partial charge is 0.317 e. The Morgan fingerprint density at radius 3 is 2.62 bits per heavy atom. The van der Waals surface area contributed by atoms with Crippen molar-refractivity contribution >= 4 is 22.8 Å². The Labute approximate surface area is 153 Å². The number of rotatable bonds is 7. The molecular weight excluding hydrogens is 330 g/mol. The van der Waals surface area contributed by atoms with Crippen LogP contribution in [0.5, 0.6) is 0 Å². The van der Waals surface area contributed by atoms with Crippen molar-refractivity contribution in [1.82, 2.24) is 15.5 Å². The van der Waals surface area contributed by atoms with Crippen molar-refractivity contribution in [2.75, 3.05) is 13.1 Å². The first-order chi connectivity index (χ1) is 12.6. The quantitative estimate of drug-likeness (QED) is 0.713. The molecule has 0 unspecified atom stereocenters. The van der Waals surface area contributed by atoms with Crippen LogP contribution in [-0.4, -0.2) is 47.2 Å². The Kier molecular flexibility index (Phi) is 5.73. The molecule has 0 saturated heterocycles. The first-order valence-electron chi connectivity index (χ1n) is 9.03. The minimum Gasteiger partial charge on any atom is -0.480 e. The molecule has 0 aliphatic heterocycles. The number of nitrogens with zero attached hydrogens (tertiary/aromatic N) is 1. The van der Waals surface area contributed by atoms with Crippen molar-refractivity contribution < 1.29 is 14.7 Å². The molecule has 6 heteroatoms. The third-order valence-corrected chi connectivity index (χ3v) is 5.03. The average Bonchev–Trinajstić information content (AvgIpc) is 2.60. The summed E-state index contributed by atoms with van der Waals surface area (Å²) in [6.07, 6.45) is 1.59. The van der Waals surface area contributed by atoms with E-state index in [-0.39, 0.29) is 24.7 Å². The van der Waals surface area contributed by atoms with Crippen LogP contribution in [0.25, 0.3) is 10.8 Å². The van der Waals surface area contributed by atoms with Crippen LogP contribution in [0.2, 0.25) is 0 Å². The second-order valence-electron chi connectivity index (χ2n) is 6.74. The van der Waals surface area contributed by atoms with E-state index in [4.69, 9.17) is 5.11 Å². The number of benzene rings is 2. The van der Waals surface area contributed by atoms with Crippen LogP contribution in [-0.2, 0) is 11.3 Å². The Bertz CT molecular complexity index is 781. The molecule has 0 heterocycles. The highest BCUT2D eigenvalue weighted by atomic mass is 16.4. The van der Waals surface area contributed by atoms with E-state index >= 15 is 0 Å². The molecule has 138 valence electrons. The Morgan fingerprint density at radius 2 is 1.88 bits per heavy atom. The van der Waals surface area contributed by atoms with Gasteiger partial charge in [-0.15, -0.1) is 0 Å². The SMILES string of the molecule is CCN(CC(=O)O)C1CC(NC(=O)NCc2cccc3ccccc23)C1. The molecule has 6 nitrogen and oxygen atoms in total. The largest absolute Gasteiger partial charge is 0.480 e. The third-order valence-electron chi connectivity index (χ3n) is 5.03. The Hall–Kier alpha value is -2.60. The van der Waals surface area contributed by atoms with Gasteiger partial charge in [-0.1, -0.05) is 49.4 Å². The highest BCUT2D eigenvalue weighted by Crippen LogP contribution is 2.25. The lowest BCUT2D eigenvalue weighted by Gasteiger charge is -2.42. The summed E-state index contributed by atoms with van der Waals surface area (Å²) in [5, 5.41) is 17.1. The summed E-state index contributed by atoms with van der Waals surface area (Å²) >= 11 is 0. The zero-order chi connectivity index (χ0) is 18.5. The van der Waals surface area contributed by atoms with Crippen LogP contribution in [0.1, 0.15) is 25.3 Å². The number of carbonyl (C=O) groups is 2. The number of aliphatic carboxylic acids is 1. The normalized spacial score (nSPS) is 19.2. The highest BCUT2D eigenvalue weighted by molar-refractivity contribution is 5.86. The minimum absolute atomic E-state index is 0.0567. The molecule has 2 aromatic carbocycles. The van der Waals surface area contributed by atoms with Crippen LogP contribution in [0.15, 0.2) is 42.5 Å². The van der Waals surface area contributed by atoms with E-state index < -0.39 is 5.97 Å². The number of carboxylic acids is 1. The predicted octanol–water partition coefficient (Wildman–Crippen LogP) is 2.58. The van der Waals surface area contributed by atoms with E-state index in [9.17, 15) is 9.59 Å². The van der Waals surface area contributed by atoms with Crippen molar-refractivity contribution in [3.8, 4) is 0 Å². The van der Waals surface area contributed by atoms with E-state index in [1.165, 1.54) is 0 Å². The van der Waals surface area contributed by atoms with Gasteiger partial charge in [-0.05, 0) is 35.7 Å². The molecular formula is C20H25N3O3. The fraction of sp³-hybridized carbons (Fsp3) is 0.400. The van der Waals surface area contributed by atoms with Gasteiger partial charge in [-0.3, -0.25) is 9.69 Å². The van der Waals surface area contributed by atoms with Gasteiger partial charge >= 0.3 is 12.0 Å². The maximum atomic E-state index is 12.1. The second-order valence-corrected chi connectivity index (χ2v) is 6.74. The summed E-state index contributed by atoms with van der Waals surface area (Å²) in [6.45, 7) is 3.20. The van der Waals surface area contributed by atoms with Gasteiger partial charge in [0.05, 0.1) is 6.54 Å². The molecule has 0 radical (unpaired) electrons. The first-order valence-corrected chi connectivity index (χ1v) is 9.03. The third kappa shape index (κ3) is 4.32. The van der Waals surface area contributed by atoms with Crippen LogP contribution in [0.3, 0.4) is 0 Å². The lowest BCUT2D eigenvalue weighted by molar-refractivity contribution is -0.139. The van der Waals surface area contributed by atoms with Crippen LogP contribution in [0, 0.1) is 0 Å². The van der Waals surface area contributed by atoms with Crippen LogP contribution < -0.4 is 10.6 Å². The average molecular weight is 355 g/mol. The molecule has 1 aliphatic rings. The molecule has 0 spiro atoms. The lowest BCUT2D eigenvalue weighted by Crippen LogP contribution is -2.56. The maximum Gasteiger partial charge on any atom is 0.317 e. The number of amides is 2. The van der Waals surface area contributed by atoms with Crippen molar-refractivity contribution in [1.29, 1.82) is 0 Å². The molecule has 0 aromatic heterocycles. The lowest BCUT2D eigenvalue weighted by atomic mass is 9.85. The van der Waals surface area contributed by atoms with E-state index in [2.05, 4.69) is 28.8 Å². The summed E-state index contributed by atoms with van der Waals surface area (Å²) in [5.74, 6) is -0.809. The Balaban J connectivity index is 1.46. The number of carboxylic acid groups (broad SMARTS) is 1. The van der Waals surface area contributed by atoms with Crippen molar-refractivity contribution in [2.45, 2.75) is 38.4 Å². The van der Waals surface area contributed by atoms with Gasteiger partial charge < -0.3 is 15.7 Å². The van der Waals surface area contributed by atoms with E-state index in [1.807, 2.05) is 36.1 Å². The summed E-state index contributed by atoms with van der Waals surface area (Å²) in [4.78, 5) is 25.0. The number of urea groups is 1. The zero-order valence-corrected chi connectivity index (χ0v) is 14.9. The standard InChI is InChI=1S/C20H25N3O3/c1-2-23(13-19(24)25)17-10-16(11-17)22-20(26)21-12-15-8-5-7-14-6-3-4-9-18(14)15/h3-9,16-17H,2,10-13H2,1H3,(H,24,25)(H2,21,22,26). The van der Waals surface area contributed by atoms with E-state index in [0.29, 0.717) is 13.1 Å². The molecule has 2 amide bonds.